The van der Waals surface area contributed by atoms with Gasteiger partial charge in [0.15, 0.2) is 0 Å². The van der Waals surface area contributed by atoms with Crippen LogP contribution in [-0.4, -0.2) is 41.1 Å². The maximum absolute atomic E-state index is 13.1. The van der Waals surface area contributed by atoms with Crippen molar-refractivity contribution >= 4 is 11.9 Å². The minimum Gasteiger partial charge on any atom is -0.481 e. The predicted molar refractivity (Wildman–Crippen MR) is 84.0 cm³/mol. The van der Waals surface area contributed by atoms with Gasteiger partial charge >= 0.3 is 12.1 Å². The van der Waals surface area contributed by atoms with Crippen LogP contribution in [0.15, 0.2) is 24.3 Å². The molecule has 4 nitrogen and oxygen atoms in total. The van der Waals surface area contributed by atoms with Crippen molar-refractivity contribution in [3.05, 3.63) is 35.4 Å². The van der Waals surface area contributed by atoms with Crippen LogP contribution in [0.5, 0.6) is 0 Å². The summed E-state index contributed by atoms with van der Waals surface area (Å²) in [5, 5.41) is 9.06. The Kier molecular flexibility index (Phi) is 4.75. The third-order valence-electron chi connectivity index (χ3n) is 5.32. The summed E-state index contributed by atoms with van der Waals surface area (Å²) in [6.07, 6.45) is -1.77. The molecule has 3 atom stereocenters. The number of fused-ring (bicyclic) bond motifs is 1. The van der Waals surface area contributed by atoms with Gasteiger partial charge < -0.3 is 10.0 Å². The van der Waals surface area contributed by atoms with E-state index in [1.165, 1.54) is 5.56 Å². The number of amides is 1. The molecule has 3 rings (SSSR count). The van der Waals surface area contributed by atoms with Crippen LogP contribution in [0.2, 0.25) is 0 Å². The molecule has 7 heteroatoms. The zero-order valence-corrected chi connectivity index (χ0v) is 13.6. The van der Waals surface area contributed by atoms with E-state index in [2.05, 4.69) is 0 Å². The first-order valence-electron chi connectivity index (χ1n) is 8.42. The van der Waals surface area contributed by atoms with Crippen LogP contribution in [-0.2, 0) is 16.0 Å². The van der Waals surface area contributed by atoms with Gasteiger partial charge in [0.05, 0.1) is 11.8 Å². The van der Waals surface area contributed by atoms with Gasteiger partial charge in [0.25, 0.3) is 0 Å². The van der Waals surface area contributed by atoms with Gasteiger partial charge in [-0.1, -0.05) is 24.3 Å². The molecule has 2 aliphatic rings. The van der Waals surface area contributed by atoms with E-state index in [0.29, 0.717) is 0 Å². The first kappa shape index (κ1) is 17.8. The fourth-order valence-corrected chi connectivity index (χ4v) is 4.00. The second-order valence-corrected chi connectivity index (χ2v) is 6.88. The van der Waals surface area contributed by atoms with E-state index in [9.17, 15) is 22.8 Å². The van der Waals surface area contributed by atoms with E-state index in [-0.39, 0.29) is 24.8 Å². The largest absolute Gasteiger partial charge is 0.481 e. The fourth-order valence-electron chi connectivity index (χ4n) is 4.00. The minimum atomic E-state index is -4.62. The SMILES string of the molecule is O=C(O)[C@@H]1CN(C(=O)CC2CCCc3ccccc32)C[C@H]1C(F)(F)F. The van der Waals surface area contributed by atoms with Crippen LogP contribution in [0, 0.1) is 11.8 Å². The molecule has 1 aliphatic heterocycles. The van der Waals surface area contributed by atoms with E-state index < -0.39 is 30.5 Å². The number of aryl methyl sites for hydroxylation is 1. The third kappa shape index (κ3) is 3.65. The summed E-state index contributed by atoms with van der Waals surface area (Å²) in [5.74, 6) is -5.47. The lowest BCUT2D eigenvalue weighted by molar-refractivity contribution is -0.188. The van der Waals surface area contributed by atoms with Crippen LogP contribution in [0.25, 0.3) is 0 Å². The molecule has 0 saturated carbocycles. The first-order valence-corrected chi connectivity index (χ1v) is 8.42. The van der Waals surface area contributed by atoms with Gasteiger partial charge in [-0.05, 0) is 36.3 Å². The number of carboxylic acid groups (broad SMARTS) is 1. The maximum Gasteiger partial charge on any atom is 0.394 e. The molecule has 25 heavy (non-hydrogen) atoms. The molecule has 1 fully saturated rings. The van der Waals surface area contributed by atoms with Crippen molar-refractivity contribution in [2.24, 2.45) is 11.8 Å². The van der Waals surface area contributed by atoms with Crippen LogP contribution >= 0.6 is 0 Å². The lowest BCUT2D eigenvalue weighted by Gasteiger charge is -2.27. The van der Waals surface area contributed by atoms with Gasteiger partial charge in [0.2, 0.25) is 5.91 Å². The van der Waals surface area contributed by atoms with Crippen molar-refractivity contribution in [1.29, 1.82) is 0 Å². The van der Waals surface area contributed by atoms with Crippen molar-refractivity contribution in [2.75, 3.05) is 13.1 Å². The van der Waals surface area contributed by atoms with Gasteiger partial charge in [-0.15, -0.1) is 0 Å². The first-order chi connectivity index (χ1) is 11.8. The Morgan fingerprint density at radius 3 is 2.56 bits per heavy atom. The summed E-state index contributed by atoms with van der Waals surface area (Å²) in [4.78, 5) is 24.7. The Bertz CT molecular complexity index is 674. The normalized spacial score (nSPS) is 26.4. The second-order valence-electron chi connectivity index (χ2n) is 6.88. The number of benzene rings is 1. The average Bonchev–Trinajstić information content (AvgIpc) is 3.01. The lowest BCUT2D eigenvalue weighted by Crippen LogP contribution is -2.34. The molecule has 1 aromatic carbocycles. The number of halogens is 3. The number of alkyl halides is 3. The maximum atomic E-state index is 13.1. The molecular formula is C18H20F3NO3. The highest BCUT2D eigenvalue weighted by Crippen LogP contribution is 2.39. The fraction of sp³-hybridized carbons (Fsp3) is 0.556. The molecule has 0 spiro atoms. The zero-order valence-electron chi connectivity index (χ0n) is 13.6. The lowest BCUT2D eigenvalue weighted by atomic mass is 9.81. The van der Waals surface area contributed by atoms with E-state index in [0.717, 1.165) is 29.7 Å². The van der Waals surface area contributed by atoms with E-state index in [1.54, 1.807) is 0 Å². The van der Waals surface area contributed by atoms with Crippen molar-refractivity contribution < 1.29 is 27.9 Å². The predicted octanol–water partition coefficient (Wildman–Crippen LogP) is 3.22. The van der Waals surface area contributed by atoms with Crippen molar-refractivity contribution in [1.82, 2.24) is 4.90 Å². The molecule has 1 aliphatic carbocycles. The number of hydrogen-bond acceptors (Lipinski definition) is 2. The Morgan fingerprint density at radius 2 is 1.92 bits per heavy atom. The summed E-state index contributed by atoms with van der Waals surface area (Å²) >= 11 is 0. The van der Waals surface area contributed by atoms with Crippen LogP contribution < -0.4 is 0 Å². The van der Waals surface area contributed by atoms with E-state index >= 15 is 0 Å². The molecule has 0 bridgehead atoms. The standard InChI is InChI=1S/C18H20F3NO3/c19-18(20,21)15-10-22(9-14(15)17(24)25)16(23)8-12-6-3-5-11-4-1-2-7-13(11)12/h1-2,4,7,12,14-15H,3,5-6,8-10H2,(H,24,25)/t12?,14-,15-/m1/s1. The second kappa shape index (κ2) is 6.69. The molecule has 136 valence electrons. The highest BCUT2D eigenvalue weighted by Gasteiger charge is 2.53. The van der Waals surface area contributed by atoms with Crippen molar-refractivity contribution in [3.63, 3.8) is 0 Å². The van der Waals surface area contributed by atoms with Gasteiger partial charge in [-0.3, -0.25) is 9.59 Å². The number of rotatable bonds is 3. The molecule has 1 unspecified atom stereocenters. The third-order valence-corrected chi connectivity index (χ3v) is 5.32. The van der Waals surface area contributed by atoms with Crippen molar-refractivity contribution in [2.45, 2.75) is 37.8 Å². The average molecular weight is 355 g/mol. The molecule has 0 radical (unpaired) electrons. The number of carbonyl (C=O) groups is 2. The smallest absolute Gasteiger partial charge is 0.394 e. The minimum absolute atomic E-state index is 0.00864. The zero-order chi connectivity index (χ0) is 18.2. The summed E-state index contributed by atoms with van der Waals surface area (Å²) in [6.45, 7) is -0.930. The molecule has 1 N–H and O–H groups in total. The summed E-state index contributed by atoms with van der Waals surface area (Å²) < 4.78 is 39.2. The number of likely N-dealkylation sites (tertiary alicyclic amines) is 1. The number of aliphatic carboxylic acids is 1. The number of nitrogens with zero attached hydrogens (tertiary/aromatic N) is 1. The Morgan fingerprint density at radius 1 is 1.20 bits per heavy atom. The number of carbonyl (C=O) groups excluding carboxylic acids is 1. The topological polar surface area (TPSA) is 57.6 Å². The van der Waals surface area contributed by atoms with Gasteiger partial charge in [-0.25, -0.2) is 0 Å². The highest BCUT2D eigenvalue weighted by atomic mass is 19.4. The van der Waals surface area contributed by atoms with Crippen molar-refractivity contribution in [3.8, 4) is 0 Å². The molecule has 1 saturated heterocycles. The Labute approximate surface area is 143 Å². The Hall–Kier alpha value is -2.05. The van der Waals surface area contributed by atoms with Gasteiger partial charge in [0, 0.05) is 19.5 Å². The molecule has 1 aromatic rings. The van der Waals surface area contributed by atoms with Gasteiger partial charge in [0.1, 0.15) is 0 Å². The summed E-state index contributed by atoms with van der Waals surface area (Å²) in [7, 11) is 0. The monoisotopic (exact) mass is 355 g/mol. The number of hydrogen-bond donors (Lipinski definition) is 1. The van der Waals surface area contributed by atoms with Gasteiger partial charge in [-0.2, -0.15) is 13.2 Å². The highest BCUT2D eigenvalue weighted by molar-refractivity contribution is 5.80. The van der Waals surface area contributed by atoms with E-state index in [4.69, 9.17) is 5.11 Å². The van der Waals surface area contributed by atoms with E-state index in [1.807, 2.05) is 24.3 Å². The van der Waals surface area contributed by atoms with Crippen LogP contribution in [0.1, 0.15) is 36.3 Å². The Balaban J connectivity index is 1.71. The van der Waals surface area contributed by atoms with Crippen LogP contribution in [0.4, 0.5) is 13.2 Å². The van der Waals surface area contributed by atoms with Crippen LogP contribution in [0.3, 0.4) is 0 Å². The summed E-state index contributed by atoms with van der Waals surface area (Å²) in [6, 6.07) is 7.82. The number of carboxylic acids is 1. The summed E-state index contributed by atoms with van der Waals surface area (Å²) in [5.41, 5.74) is 2.27. The molecular weight excluding hydrogens is 335 g/mol. The molecule has 1 amide bonds. The quantitative estimate of drug-likeness (QED) is 0.906. The molecule has 0 aromatic heterocycles. The molecule has 1 heterocycles.